The zero-order valence-electron chi connectivity index (χ0n) is 24.8. The Morgan fingerprint density at radius 2 is 1.91 bits per heavy atom. The van der Waals surface area contributed by atoms with E-state index in [0.29, 0.717) is 35.3 Å². The number of carbonyl (C=O) groups is 1. The van der Waals surface area contributed by atoms with Gasteiger partial charge in [0.2, 0.25) is 10.0 Å². The highest BCUT2D eigenvalue weighted by molar-refractivity contribution is 7.89. The van der Waals surface area contributed by atoms with Crippen molar-refractivity contribution in [3.05, 3.63) is 76.1 Å². The van der Waals surface area contributed by atoms with Gasteiger partial charge in [-0.05, 0) is 73.9 Å². The molecule has 0 saturated carbocycles. The van der Waals surface area contributed by atoms with Gasteiger partial charge in [0.1, 0.15) is 5.69 Å². The third-order valence-corrected chi connectivity index (χ3v) is 9.66. The Balaban J connectivity index is 1.69. The lowest BCUT2D eigenvalue weighted by molar-refractivity contribution is -0.158. The van der Waals surface area contributed by atoms with E-state index >= 15 is 0 Å². The standard InChI is InChI=1S/C30H37F3N4O5S/c1-6-11-36-17-25(34-35-36)18-42-27(29(4,5)28(38)39)22-8-7-20(3)23(13-22)16-37-15-19(2)12-21-9-10-24(30(31,32)33)14-26(21)43(37,40)41/h7-10,13-14,17,19,27H,6,11-12,15-16,18H2,1-5H3,(H,38,39)/t19-,27+/m0/s1. The first-order valence-corrected chi connectivity index (χ1v) is 15.5. The van der Waals surface area contributed by atoms with E-state index in [1.807, 2.05) is 13.8 Å². The van der Waals surface area contributed by atoms with E-state index in [4.69, 9.17) is 4.74 Å². The predicted octanol–water partition coefficient (Wildman–Crippen LogP) is 5.77. The molecule has 9 nitrogen and oxygen atoms in total. The lowest BCUT2D eigenvalue weighted by Gasteiger charge is -2.31. The third-order valence-electron chi connectivity index (χ3n) is 7.76. The monoisotopic (exact) mass is 622 g/mol. The molecule has 0 fully saturated rings. The van der Waals surface area contributed by atoms with Gasteiger partial charge in [-0.25, -0.2) is 8.42 Å². The molecule has 0 unspecified atom stereocenters. The van der Waals surface area contributed by atoms with Crippen LogP contribution in [-0.2, 0) is 51.8 Å². The van der Waals surface area contributed by atoms with Crippen molar-refractivity contribution in [1.82, 2.24) is 19.3 Å². The van der Waals surface area contributed by atoms with Crippen LogP contribution in [-0.4, -0.2) is 45.3 Å². The second-order valence-corrected chi connectivity index (χ2v) is 13.7. The fraction of sp³-hybridized carbons (Fsp3) is 0.500. The summed E-state index contributed by atoms with van der Waals surface area (Å²) in [6.07, 6.45) is -2.70. The fourth-order valence-corrected chi connectivity index (χ4v) is 7.07. The van der Waals surface area contributed by atoms with Gasteiger partial charge < -0.3 is 9.84 Å². The maximum absolute atomic E-state index is 13.8. The van der Waals surface area contributed by atoms with E-state index in [-0.39, 0.29) is 30.5 Å². The van der Waals surface area contributed by atoms with Crippen LogP contribution in [0.25, 0.3) is 0 Å². The number of alkyl halides is 3. The largest absolute Gasteiger partial charge is 0.481 e. The molecule has 2 heterocycles. The summed E-state index contributed by atoms with van der Waals surface area (Å²) in [5.74, 6) is -1.24. The molecule has 3 aromatic rings. The van der Waals surface area contributed by atoms with Crippen molar-refractivity contribution in [3.8, 4) is 0 Å². The summed E-state index contributed by atoms with van der Waals surface area (Å²) in [6.45, 7) is 9.44. The molecule has 0 aliphatic carbocycles. The smallest absolute Gasteiger partial charge is 0.416 e. The number of carboxylic acids is 1. The summed E-state index contributed by atoms with van der Waals surface area (Å²) in [5.41, 5.74) is 0.348. The molecule has 1 aromatic heterocycles. The Labute approximate surface area is 249 Å². The van der Waals surface area contributed by atoms with Crippen LogP contribution in [0.15, 0.2) is 47.5 Å². The minimum atomic E-state index is -4.69. The first kappa shape index (κ1) is 32.6. The molecule has 1 aliphatic heterocycles. The molecule has 1 N–H and O–H groups in total. The Kier molecular flexibility index (Phi) is 9.38. The van der Waals surface area contributed by atoms with Crippen molar-refractivity contribution >= 4 is 16.0 Å². The van der Waals surface area contributed by atoms with Crippen LogP contribution in [0.2, 0.25) is 0 Å². The van der Waals surface area contributed by atoms with Crippen molar-refractivity contribution in [2.75, 3.05) is 6.54 Å². The predicted molar refractivity (Wildman–Crippen MR) is 152 cm³/mol. The van der Waals surface area contributed by atoms with Crippen LogP contribution in [0.5, 0.6) is 0 Å². The van der Waals surface area contributed by atoms with E-state index in [2.05, 4.69) is 10.3 Å². The Morgan fingerprint density at radius 3 is 2.56 bits per heavy atom. The van der Waals surface area contributed by atoms with Crippen molar-refractivity contribution < 1.29 is 36.2 Å². The molecular weight excluding hydrogens is 585 g/mol. The number of aromatic nitrogens is 3. The number of halogens is 3. The lowest BCUT2D eigenvalue weighted by Crippen LogP contribution is -2.34. The minimum absolute atomic E-state index is 0.00461. The summed E-state index contributed by atoms with van der Waals surface area (Å²) in [5, 5.41) is 18.2. The van der Waals surface area contributed by atoms with E-state index in [1.54, 1.807) is 49.8 Å². The molecule has 234 valence electrons. The topological polar surface area (TPSA) is 115 Å². The van der Waals surface area contributed by atoms with Gasteiger partial charge in [0.15, 0.2) is 0 Å². The summed E-state index contributed by atoms with van der Waals surface area (Å²) in [7, 11) is -4.28. The van der Waals surface area contributed by atoms with Crippen LogP contribution in [0.1, 0.15) is 73.7 Å². The first-order chi connectivity index (χ1) is 20.0. The van der Waals surface area contributed by atoms with Gasteiger partial charge >= 0.3 is 12.1 Å². The molecule has 0 saturated heterocycles. The number of aryl methyl sites for hydroxylation is 2. The first-order valence-electron chi connectivity index (χ1n) is 14.1. The van der Waals surface area contributed by atoms with Crippen LogP contribution < -0.4 is 0 Å². The second-order valence-electron chi connectivity index (χ2n) is 11.8. The summed E-state index contributed by atoms with van der Waals surface area (Å²) < 4.78 is 77.1. The SMILES string of the molecule is CCCn1cc(CO[C@H](c2ccc(C)c(CN3C[C@@H](C)Cc4ccc(C(F)(F)F)cc4S3(=O)=O)c2)C(C)(C)C(=O)O)nn1. The van der Waals surface area contributed by atoms with Crippen LogP contribution in [0, 0.1) is 18.3 Å². The number of benzene rings is 2. The number of hydrogen-bond donors (Lipinski definition) is 1. The molecule has 4 rings (SSSR count). The molecule has 0 radical (unpaired) electrons. The van der Waals surface area contributed by atoms with Crippen LogP contribution in [0.4, 0.5) is 13.2 Å². The van der Waals surface area contributed by atoms with Gasteiger partial charge in [0.05, 0.1) is 34.8 Å². The van der Waals surface area contributed by atoms with Crippen LogP contribution in [0.3, 0.4) is 0 Å². The lowest BCUT2D eigenvalue weighted by atomic mass is 9.81. The second kappa shape index (κ2) is 12.4. The molecule has 0 spiro atoms. The Morgan fingerprint density at radius 1 is 1.19 bits per heavy atom. The molecule has 13 heteroatoms. The van der Waals surface area contributed by atoms with Crippen molar-refractivity contribution in [2.45, 2.75) is 84.3 Å². The van der Waals surface area contributed by atoms with Crippen molar-refractivity contribution in [2.24, 2.45) is 11.3 Å². The maximum atomic E-state index is 13.8. The molecular formula is C30H37F3N4O5S. The van der Waals surface area contributed by atoms with Gasteiger partial charge in [0, 0.05) is 19.6 Å². The molecule has 0 bridgehead atoms. The number of rotatable bonds is 10. The molecule has 1 aliphatic rings. The van der Waals surface area contributed by atoms with Gasteiger partial charge in [-0.1, -0.05) is 43.3 Å². The number of nitrogens with zero attached hydrogens (tertiary/aromatic N) is 4. The quantitative estimate of drug-likeness (QED) is 0.306. The van der Waals surface area contributed by atoms with Crippen molar-refractivity contribution in [3.63, 3.8) is 0 Å². The van der Waals surface area contributed by atoms with Crippen LogP contribution >= 0.6 is 0 Å². The third kappa shape index (κ3) is 7.10. The number of sulfonamides is 1. The number of ether oxygens (including phenoxy) is 1. The minimum Gasteiger partial charge on any atom is -0.481 e. The average Bonchev–Trinajstić information content (AvgIpc) is 3.33. The number of fused-ring (bicyclic) bond motifs is 1. The summed E-state index contributed by atoms with van der Waals surface area (Å²) >= 11 is 0. The normalized spacial score (nSPS) is 18.2. The molecule has 43 heavy (non-hydrogen) atoms. The number of carboxylic acid groups (broad SMARTS) is 1. The van der Waals surface area contributed by atoms with Gasteiger partial charge in [-0.3, -0.25) is 9.48 Å². The number of hydrogen-bond acceptors (Lipinski definition) is 6. The van der Waals surface area contributed by atoms with Crippen molar-refractivity contribution in [1.29, 1.82) is 0 Å². The van der Waals surface area contributed by atoms with E-state index in [1.165, 1.54) is 10.4 Å². The van der Waals surface area contributed by atoms with E-state index < -0.39 is 39.3 Å². The molecule has 0 amide bonds. The summed E-state index contributed by atoms with van der Waals surface area (Å²) in [4.78, 5) is 12.0. The highest BCUT2D eigenvalue weighted by Gasteiger charge is 2.40. The number of aliphatic carboxylic acids is 1. The average molecular weight is 623 g/mol. The van der Waals surface area contributed by atoms with Gasteiger partial charge in [-0.2, -0.15) is 17.5 Å². The van der Waals surface area contributed by atoms with Gasteiger partial charge in [0.25, 0.3) is 0 Å². The zero-order valence-corrected chi connectivity index (χ0v) is 25.7. The molecule has 2 atom stereocenters. The highest BCUT2D eigenvalue weighted by Crippen LogP contribution is 2.39. The fourth-order valence-electron chi connectivity index (χ4n) is 5.27. The maximum Gasteiger partial charge on any atom is 0.416 e. The van der Waals surface area contributed by atoms with E-state index in [0.717, 1.165) is 24.1 Å². The van der Waals surface area contributed by atoms with E-state index in [9.17, 15) is 31.5 Å². The Bertz CT molecular complexity index is 1590. The molecule has 2 aromatic carbocycles. The summed E-state index contributed by atoms with van der Waals surface area (Å²) in [6, 6.07) is 8.11. The zero-order chi connectivity index (χ0) is 31.7. The van der Waals surface area contributed by atoms with Gasteiger partial charge in [-0.15, -0.1) is 5.10 Å². The highest BCUT2D eigenvalue weighted by atomic mass is 32.2. The Hall–Kier alpha value is -3.29.